The Morgan fingerprint density at radius 3 is 2.68 bits per heavy atom. The van der Waals surface area contributed by atoms with Gasteiger partial charge in [0.25, 0.3) is 5.91 Å². The molecule has 0 aliphatic heterocycles. The summed E-state index contributed by atoms with van der Waals surface area (Å²) in [6.07, 6.45) is 8.29. The van der Waals surface area contributed by atoms with Gasteiger partial charge in [0.05, 0.1) is 11.8 Å². The fraction of sp³-hybridized carbons (Fsp3) is 0.238. The van der Waals surface area contributed by atoms with E-state index in [0.29, 0.717) is 11.7 Å². The quantitative estimate of drug-likeness (QED) is 0.724. The minimum Gasteiger partial charge on any atom is -0.474 e. The van der Waals surface area contributed by atoms with E-state index < -0.39 is 11.7 Å². The SMILES string of the molecule is Cc1cnc(OC2CC2)cc1-c1ccc(NC(=O)c2cncc(F)c2C)nc1. The average molecular weight is 378 g/mol. The first-order valence-electron chi connectivity index (χ1n) is 9.02. The fourth-order valence-electron chi connectivity index (χ4n) is 2.78. The van der Waals surface area contributed by atoms with Crippen molar-refractivity contribution in [2.75, 3.05) is 5.32 Å². The van der Waals surface area contributed by atoms with Crippen LogP contribution in [-0.2, 0) is 0 Å². The van der Waals surface area contributed by atoms with Crippen LogP contribution in [0.3, 0.4) is 0 Å². The van der Waals surface area contributed by atoms with E-state index in [1.165, 1.54) is 13.1 Å². The molecule has 1 saturated carbocycles. The molecule has 3 aromatic rings. The van der Waals surface area contributed by atoms with Gasteiger partial charge in [-0.25, -0.2) is 14.4 Å². The first kappa shape index (κ1) is 18.0. The lowest BCUT2D eigenvalue weighted by atomic mass is 10.0. The molecule has 0 saturated heterocycles. The highest BCUT2D eigenvalue weighted by Gasteiger charge is 2.24. The van der Waals surface area contributed by atoms with Crippen molar-refractivity contribution in [2.24, 2.45) is 0 Å². The van der Waals surface area contributed by atoms with Gasteiger partial charge in [-0.1, -0.05) is 0 Å². The van der Waals surface area contributed by atoms with Gasteiger partial charge in [-0.3, -0.25) is 9.78 Å². The number of hydrogen-bond donors (Lipinski definition) is 1. The van der Waals surface area contributed by atoms with Gasteiger partial charge < -0.3 is 10.1 Å². The minimum atomic E-state index is -0.520. The highest BCUT2D eigenvalue weighted by Crippen LogP contribution is 2.30. The molecule has 1 N–H and O–H groups in total. The topological polar surface area (TPSA) is 77.0 Å². The van der Waals surface area contributed by atoms with E-state index in [0.717, 1.165) is 35.7 Å². The Morgan fingerprint density at radius 2 is 1.96 bits per heavy atom. The van der Waals surface area contributed by atoms with Crippen LogP contribution in [-0.4, -0.2) is 27.0 Å². The molecule has 0 atom stereocenters. The Hall–Kier alpha value is -3.35. The van der Waals surface area contributed by atoms with Crippen LogP contribution in [0.25, 0.3) is 11.1 Å². The second-order valence-electron chi connectivity index (χ2n) is 6.83. The van der Waals surface area contributed by atoms with E-state index in [1.807, 2.05) is 19.1 Å². The molecule has 1 aliphatic carbocycles. The number of halogens is 1. The normalized spacial score (nSPS) is 13.2. The van der Waals surface area contributed by atoms with Gasteiger partial charge in [0.2, 0.25) is 5.88 Å². The third-order valence-corrected chi connectivity index (χ3v) is 4.60. The lowest BCUT2D eigenvalue weighted by Gasteiger charge is -2.10. The number of pyridine rings is 3. The third kappa shape index (κ3) is 3.83. The molecule has 0 unspecified atom stereocenters. The predicted octanol–water partition coefficient (Wildman–Crippen LogP) is 4.09. The van der Waals surface area contributed by atoms with E-state index in [1.54, 1.807) is 18.5 Å². The van der Waals surface area contributed by atoms with Gasteiger partial charge in [0.15, 0.2) is 0 Å². The molecule has 4 rings (SSSR count). The van der Waals surface area contributed by atoms with Crippen molar-refractivity contribution in [2.45, 2.75) is 32.8 Å². The number of carbonyl (C=O) groups is 1. The summed E-state index contributed by atoms with van der Waals surface area (Å²) in [6.45, 7) is 3.51. The van der Waals surface area contributed by atoms with Gasteiger partial charge in [0.1, 0.15) is 17.7 Å². The van der Waals surface area contributed by atoms with Gasteiger partial charge >= 0.3 is 0 Å². The van der Waals surface area contributed by atoms with E-state index in [2.05, 4.69) is 20.3 Å². The summed E-state index contributed by atoms with van der Waals surface area (Å²) in [6, 6.07) is 5.48. The molecule has 0 bridgehead atoms. The highest BCUT2D eigenvalue weighted by atomic mass is 19.1. The number of amides is 1. The second kappa shape index (κ2) is 7.34. The van der Waals surface area contributed by atoms with Crippen molar-refractivity contribution >= 4 is 11.7 Å². The molecule has 1 amide bonds. The Kier molecular flexibility index (Phi) is 4.73. The van der Waals surface area contributed by atoms with Crippen LogP contribution in [0.1, 0.15) is 34.3 Å². The smallest absolute Gasteiger partial charge is 0.258 e. The molecule has 1 fully saturated rings. The molecule has 7 heteroatoms. The summed E-state index contributed by atoms with van der Waals surface area (Å²) in [7, 11) is 0. The summed E-state index contributed by atoms with van der Waals surface area (Å²) in [5, 5.41) is 2.67. The lowest BCUT2D eigenvalue weighted by molar-refractivity contribution is 0.102. The van der Waals surface area contributed by atoms with Crippen molar-refractivity contribution in [3.8, 4) is 17.0 Å². The van der Waals surface area contributed by atoms with Crippen LogP contribution < -0.4 is 10.1 Å². The number of aromatic nitrogens is 3. The zero-order valence-electron chi connectivity index (χ0n) is 15.6. The fourth-order valence-corrected chi connectivity index (χ4v) is 2.78. The molecule has 6 nitrogen and oxygen atoms in total. The molecular formula is C21H19FN4O2. The first-order chi connectivity index (χ1) is 13.5. The maximum Gasteiger partial charge on any atom is 0.258 e. The lowest BCUT2D eigenvalue weighted by Crippen LogP contribution is -2.15. The van der Waals surface area contributed by atoms with Crippen LogP contribution in [0.5, 0.6) is 5.88 Å². The zero-order valence-corrected chi connectivity index (χ0v) is 15.6. The summed E-state index contributed by atoms with van der Waals surface area (Å²) < 4.78 is 19.4. The van der Waals surface area contributed by atoms with Crippen molar-refractivity contribution in [1.82, 2.24) is 15.0 Å². The molecular weight excluding hydrogens is 359 g/mol. The van der Waals surface area contributed by atoms with Gasteiger partial charge in [0, 0.05) is 35.8 Å². The number of nitrogens with one attached hydrogen (secondary N) is 1. The van der Waals surface area contributed by atoms with E-state index >= 15 is 0 Å². The summed E-state index contributed by atoms with van der Waals surface area (Å²) in [4.78, 5) is 24.7. The van der Waals surface area contributed by atoms with E-state index in [9.17, 15) is 9.18 Å². The van der Waals surface area contributed by atoms with Crippen molar-refractivity contribution in [3.63, 3.8) is 0 Å². The van der Waals surface area contributed by atoms with Crippen LogP contribution in [0.2, 0.25) is 0 Å². The molecule has 3 aromatic heterocycles. The largest absolute Gasteiger partial charge is 0.474 e. The van der Waals surface area contributed by atoms with Crippen LogP contribution >= 0.6 is 0 Å². The Morgan fingerprint density at radius 1 is 1.14 bits per heavy atom. The van der Waals surface area contributed by atoms with Crippen molar-refractivity contribution in [1.29, 1.82) is 0 Å². The van der Waals surface area contributed by atoms with Crippen LogP contribution in [0.15, 0.2) is 43.0 Å². The molecule has 0 radical (unpaired) electrons. The third-order valence-electron chi connectivity index (χ3n) is 4.60. The number of aryl methyl sites for hydroxylation is 1. The van der Waals surface area contributed by atoms with Crippen molar-refractivity contribution in [3.05, 3.63) is 65.5 Å². The van der Waals surface area contributed by atoms with Gasteiger partial charge in [-0.2, -0.15) is 0 Å². The van der Waals surface area contributed by atoms with Gasteiger partial charge in [-0.05, 0) is 49.9 Å². The monoisotopic (exact) mass is 378 g/mol. The number of ether oxygens (including phenoxy) is 1. The molecule has 0 aromatic carbocycles. The molecule has 0 spiro atoms. The Labute approximate surface area is 161 Å². The van der Waals surface area contributed by atoms with Gasteiger partial charge in [-0.15, -0.1) is 0 Å². The van der Waals surface area contributed by atoms with Crippen LogP contribution in [0, 0.1) is 19.7 Å². The molecule has 3 heterocycles. The maximum atomic E-state index is 13.6. The molecule has 28 heavy (non-hydrogen) atoms. The Balaban J connectivity index is 1.52. The zero-order chi connectivity index (χ0) is 19.7. The average Bonchev–Trinajstić information content (AvgIpc) is 3.50. The molecule has 142 valence electrons. The standard InChI is InChI=1S/C21H19FN4O2/c1-12-8-25-20(28-15-4-5-15)7-16(12)14-3-6-19(24-9-14)26-21(27)17-10-23-11-18(22)13(17)2/h3,6-11,15H,4-5H2,1-2H3,(H,24,26,27). The number of anilines is 1. The molecule has 1 aliphatic rings. The van der Waals surface area contributed by atoms with Crippen molar-refractivity contribution < 1.29 is 13.9 Å². The number of carbonyl (C=O) groups excluding carboxylic acids is 1. The predicted molar refractivity (Wildman–Crippen MR) is 103 cm³/mol. The summed E-state index contributed by atoms with van der Waals surface area (Å²) in [5.41, 5.74) is 3.30. The number of nitrogens with zero attached hydrogens (tertiary/aromatic N) is 3. The Bertz CT molecular complexity index is 1030. The van der Waals surface area contributed by atoms with E-state index in [-0.39, 0.29) is 17.2 Å². The first-order valence-corrected chi connectivity index (χ1v) is 9.02. The summed E-state index contributed by atoms with van der Waals surface area (Å²) >= 11 is 0. The maximum absolute atomic E-state index is 13.6. The second-order valence-corrected chi connectivity index (χ2v) is 6.83. The highest BCUT2D eigenvalue weighted by molar-refractivity contribution is 6.04. The minimum absolute atomic E-state index is 0.178. The van der Waals surface area contributed by atoms with Crippen LogP contribution in [0.4, 0.5) is 10.2 Å². The number of hydrogen-bond acceptors (Lipinski definition) is 5. The number of rotatable bonds is 5. The van der Waals surface area contributed by atoms with E-state index in [4.69, 9.17) is 4.74 Å². The summed E-state index contributed by atoms with van der Waals surface area (Å²) in [5.74, 6) is 0.00596.